The van der Waals surface area contributed by atoms with Gasteiger partial charge < -0.3 is 9.15 Å². The average Bonchev–Trinajstić information content (AvgIpc) is 3.04. The Labute approximate surface area is 120 Å². The molecule has 5 heteroatoms. The highest BCUT2D eigenvalue weighted by atomic mass is 32.1. The van der Waals surface area contributed by atoms with Gasteiger partial charge in [0.05, 0.1) is 6.61 Å². The first-order valence-electron chi connectivity index (χ1n) is 6.32. The Morgan fingerprint density at radius 2 is 2.25 bits per heavy atom. The van der Waals surface area contributed by atoms with E-state index in [1.54, 1.807) is 25.2 Å². The number of hydrogen-bond donors (Lipinski definition) is 0. The molecule has 0 aliphatic heterocycles. The Bertz CT molecular complexity index is 772. The molecule has 0 fully saturated rings. The van der Waals surface area contributed by atoms with Crippen LogP contribution in [-0.4, -0.2) is 17.6 Å². The van der Waals surface area contributed by atoms with Crippen LogP contribution in [0.2, 0.25) is 0 Å². The molecule has 0 spiro atoms. The third kappa shape index (κ3) is 2.10. The molecule has 102 valence electrons. The summed E-state index contributed by atoms with van der Waals surface area (Å²) < 4.78 is 11.5. The summed E-state index contributed by atoms with van der Waals surface area (Å²) in [5, 5.41) is 3.15. The maximum absolute atomic E-state index is 12.0. The van der Waals surface area contributed by atoms with Crippen LogP contribution in [0.5, 0.6) is 0 Å². The predicted molar refractivity (Wildman–Crippen MR) is 78.0 cm³/mol. The second kappa shape index (κ2) is 5.09. The molecule has 0 unspecified atom stereocenters. The van der Waals surface area contributed by atoms with Gasteiger partial charge >= 0.3 is 5.97 Å². The van der Waals surface area contributed by atoms with E-state index in [2.05, 4.69) is 4.98 Å². The smallest absolute Gasteiger partial charge is 0.376 e. The fourth-order valence-electron chi connectivity index (χ4n) is 2.12. The molecule has 3 rings (SSSR count). The number of aromatic nitrogens is 1. The number of rotatable bonds is 3. The highest BCUT2D eigenvalue weighted by molar-refractivity contribution is 7.17. The summed E-state index contributed by atoms with van der Waals surface area (Å²) in [5.41, 5.74) is 1.45. The average molecular weight is 287 g/mol. The van der Waals surface area contributed by atoms with Crippen LogP contribution < -0.4 is 0 Å². The minimum atomic E-state index is -0.475. The topological polar surface area (TPSA) is 52.3 Å². The molecule has 0 atom stereocenters. The number of ether oxygens (including phenoxy) is 1. The normalized spacial score (nSPS) is 10.9. The second-order valence-corrected chi connectivity index (χ2v) is 5.19. The Morgan fingerprint density at radius 1 is 1.40 bits per heavy atom. The van der Waals surface area contributed by atoms with Gasteiger partial charge in [0.2, 0.25) is 5.76 Å². The Kier molecular flexibility index (Phi) is 3.28. The number of nitrogens with zero attached hydrogens (tertiary/aromatic N) is 1. The molecule has 0 saturated carbocycles. The van der Waals surface area contributed by atoms with Crippen LogP contribution in [0, 0.1) is 6.92 Å². The first-order valence-corrected chi connectivity index (χ1v) is 7.19. The van der Waals surface area contributed by atoms with Crippen LogP contribution in [-0.2, 0) is 4.74 Å². The van der Waals surface area contributed by atoms with Gasteiger partial charge in [0, 0.05) is 17.2 Å². The van der Waals surface area contributed by atoms with Crippen molar-refractivity contribution in [2.24, 2.45) is 0 Å². The first-order chi connectivity index (χ1) is 9.70. The van der Waals surface area contributed by atoms with E-state index < -0.39 is 5.97 Å². The third-order valence-corrected chi connectivity index (χ3v) is 3.89. The number of benzene rings is 1. The molecule has 0 radical (unpaired) electrons. The maximum atomic E-state index is 12.0. The Balaban J connectivity index is 2.19. The van der Waals surface area contributed by atoms with Crippen LogP contribution in [0.1, 0.15) is 23.4 Å². The van der Waals surface area contributed by atoms with Gasteiger partial charge in [-0.15, -0.1) is 11.3 Å². The van der Waals surface area contributed by atoms with Crippen molar-refractivity contribution in [3.05, 3.63) is 41.3 Å². The number of hydrogen-bond acceptors (Lipinski definition) is 5. The highest BCUT2D eigenvalue weighted by Crippen LogP contribution is 2.34. The molecule has 0 bridgehead atoms. The van der Waals surface area contributed by atoms with Gasteiger partial charge in [0.1, 0.15) is 5.69 Å². The largest absolute Gasteiger partial charge is 0.460 e. The molecule has 0 saturated heterocycles. The molecule has 20 heavy (non-hydrogen) atoms. The van der Waals surface area contributed by atoms with Crippen molar-refractivity contribution in [3.8, 4) is 11.3 Å². The number of fused-ring (bicyclic) bond motifs is 1. The molecule has 0 amide bonds. The quantitative estimate of drug-likeness (QED) is 0.682. The fourth-order valence-corrected chi connectivity index (χ4v) is 3.04. The lowest BCUT2D eigenvalue weighted by Gasteiger charge is -2.02. The zero-order chi connectivity index (χ0) is 14.1. The Hall–Kier alpha value is -2.14. The molecule has 2 heterocycles. The predicted octanol–water partition coefficient (Wildman–Crippen LogP) is 4.04. The van der Waals surface area contributed by atoms with Crippen LogP contribution in [0.15, 0.2) is 34.1 Å². The van der Waals surface area contributed by atoms with E-state index in [9.17, 15) is 4.79 Å². The van der Waals surface area contributed by atoms with Crippen LogP contribution in [0.25, 0.3) is 21.3 Å². The zero-order valence-corrected chi connectivity index (χ0v) is 12.0. The monoisotopic (exact) mass is 287 g/mol. The summed E-state index contributed by atoms with van der Waals surface area (Å²) >= 11 is 1.62. The minimum Gasteiger partial charge on any atom is -0.460 e. The van der Waals surface area contributed by atoms with Gasteiger partial charge in [0.15, 0.2) is 5.89 Å². The molecular weight excluding hydrogens is 274 g/mol. The molecule has 1 aromatic carbocycles. The van der Waals surface area contributed by atoms with Gasteiger partial charge in [-0.2, -0.15) is 0 Å². The van der Waals surface area contributed by atoms with Crippen molar-refractivity contribution in [2.45, 2.75) is 13.8 Å². The van der Waals surface area contributed by atoms with Crippen molar-refractivity contribution in [3.63, 3.8) is 0 Å². The van der Waals surface area contributed by atoms with E-state index in [1.165, 1.54) is 0 Å². The van der Waals surface area contributed by atoms with E-state index in [4.69, 9.17) is 9.15 Å². The van der Waals surface area contributed by atoms with Gasteiger partial charge in [0.25, 0.3) is 0 Å². The molecule has 2 aromatic heterocycles. The van der Waals surface area contributed by atoms with Crippen molar-refractivity contribution in [2.75, 3.05) is 6.61 Å². The number of carbonyl (C=O) groups excluding carboxylic acids is 1. The maximum Gasteiger partial charge on any atom is 0.376 e. The number of aryl methyl sites for hydroxylation is 1. The summed E-state index contributed by atoms with van der Waals surface area (Å²) in [5.74, 6) is 0.151. The summed E-state index contributed by atoms with van der Waals surface area (Å²) in [6.45, 7) is 3.79. The molecular formula is C15H13NO3S. The van der Waals surface area contributed by atoms with Crippen LogP contribution in [0.3, 0.4) is 0 Å². The van der Waals surface area contributed by atoms with Crippen molar-refractivity contribution in [1.82, 2.24) is 4.98 Å². The van der Waals surface area contributed by atoms with Gasteiger partial charge in [-0.1, -0.05) is 18.2 Å². The lowest BCUT2D eigenvalue weighted by molar-refractivity contribution is 0.0490. The second-order valence-electron chi connectivity index (χ2n) is 4.28. The van der Waals surface area contributed by atoms with E-state index in [0.29, 0.717) is 18.2 Å². The summed E-state index contributed by atoms with van der Waals surface area (Å²) in [4.78, 5) is 16.3. The van der Waals surface area contributed by atoms with E-state index in [0.717, 1.165) is 15.6 Å². The van der Waals surface area contributed by atoms with Gasteiger partial charge in [-0.3, -0.25) is 0 Å². The number of carbonyl (C=O) groups is 1. The molecule has 0 N–H and O–H groups in total. The Morgan fingerprint density at radius 3 is 3.05 bits per heavy atom. The van der Waals surface area contributed by atoms with Crippen molar-refractivity contribution < 1.29 is 13.9 Å². The molecule has 0 aliphatic rings. The number of esters is 1. The molecule has 3 aromatic rings. The van der Waals surface area contributed by atoms with Gasteiger partial charge in [-0.05, 0) is 23.8 Å². The van der Waals surface area contributed by atoms with E-state index in [-0.39, 0.29) is 5.76 Å². The summed E-state index contributed by atoms with van der Waals surface area (Å²) in [7, 11) is 0. The lowest BCUT2D eigenvalue weighted by Crippen LogP contribution is -2.04. The van der Waals surface area contributed by atoms with Crippen molar-refractivity contribution in [1.29, 1.82) is 0 Å². The van der Waals surface area contributed by atoms with E-state index >= 15 is 0 Å². The molecule has 4 nitrogen and oxygen atoms in total. The van der Waals surface area contributed by atoms with Crippen molar-refractivity contribution >= 4 is 27.4 Å². The molecule has 0 aliphatic carbocycles. The van der Waals surface area contributed by atoms with E-state index in [1.807, 2.05) is 29.6 Å². The highest BCUT2D eigenvalue weighted by Gasteiger charge is 2.22. The van der Waals surface area contributed by atoms with Gasteiger partial charge in [-0.25, -0.2) is 9.78 Å². The number of thiophene rings is 1. The number of oxazole rings is 1. The first kappa shape index (κ1) is 12.9. The summed E-state index contributed by atoms with van der Waals surface area (Å²) in [6.07, 6.45) is 0. The lowest BCUT2D eigenvalue weighted by atomic mass is 10.1. The SMILES string of the molecule is CCOC(=O)c1oc(C)nc1-c1cccc2ccsc12. The third-order valence-electron chi connectivity index (χ3n) is 2.93. The summed E-state index contributed by atoms with van der Waals surface area (Å²) in [6, 6.07) is 7.97. The van der Waals surface area contributed by atoms with Crippen LogP contribution in [0.4, 0.5) is 0 Å². The standard InChI is InChI=1S/C15H13NO3S/c1-3-18-15(17)13-12(16-9(2)19-13)11-6-4-5-10-7-8-20-14(10)11/h4-8H,3H2,1-2H3. The minimum absolute atomic E-state index is 0.172. The van der Waals surface area contributed by atoms with Crippen LogP contribution >= 0.6 is 11.3 Å². The fraction of sp³-hybridized carbons (Fsp3) is 0.200. The zero-order valence-electron chi connectivity index (χ0n) is 11.2.